The third-order valence-corrected chi connectivity index (χ3v) is 4.80. The highest BCUT2D eigenvalue weighted by atomic mass is 32.2. The number of aromatic nitrogens is 2. The minimum absolute atomic E-state index is 0.0807. The molecule has 2 atom stereocenters. The number of H-pyrrole nitrogens is 1. The summed E-state index contributed by atoms with van der Waals surface area (Å²) in [6.07, 6.45) is 0.559. The average Bonchev–Trinajstić information content (AvgIpc) is 2.85. The first-order valence-electron chi connectivity index (χ1n) is 5.83. The van der Waals surface area contributed by atoms with Gasteiger partial charge in [0, 0.05) is 13.2 Å². The lowest BCUT2D eigenvalue weighted by Gasteiger charge is -2.16. The fourth-order valence-electron chi connectivity index (χ4n) is 2.11. The summed E-state index contributed by atoms with van der Waals surface area (Å²) in [5.41, 5.74) is 6.34. The Morgan fingerprint density at radius 3 is 2.89 bits per heavy atom. The van der Waals surface area contributed by atoms with Crippen molar-refractivity contribution in [2.75, 3.05) is 6.61 Å². The van der Waals surface area contributed by atoms with Crippen LogP contribution in [0.1, 0.15) is 24.7 Å². The van der Waals surface area contributed by atoms with Crippen LogP contribution >= 0.6 is 0 Å². The predicted molar refractivity (Wildman–Crippen MR) is 65.4 cm³/mol. The second-order valence-corrected chi connectivity index (χ2v) is 6.07. The molecule has 102 valence electrons. The molecular weight excluding hydrogens is 256 g/mol. The Balaban J connectivity index is 2.27. The number of nitrogens with two attached hydrogens (primary N) is 1. The SMILES string of the molecule is Cc1[nH]nc(CN)c1S(=O)(=O)NC1CCOC1C. The zero-order valence-electron chi connectivity index (χ0n) is 10.4. The number of hydrogen-bond donors (Lipinski definition) is 3. The van der Waals surface area contributed by atoms with Gasteiger partial charge in [0.2, 0.25) is 10.0 Å². The van der Waals surface area contributed by atoms with Crippen LogP contribution in [-0.2, 0) is 21.3 Å². The van der Waals surface area contributed by atoms with Crippen molar-refractivity contribution in [2.45, 2.75) is 43.9 Å². The number of hydrogen-bond acceptors (Lipinski definition) is 5. The number of ether oxygens (including phenoxy) is 1. The van der Waals surface area contributed by atoms with Gasteiger partial charge in [0.15, 0.2) is 0 Å². The van der Waals surface area contributed by atoms with Crippen molar-refractivity contribution >= 4 is 10.0 Å². The van der Waals surface area contributed by atoms with Crippen LogP contribution in [0.25, 0.3) is 0 Å². The second-order valence-electron chi connectivity index (χ2n) is 4.42. The molecule has 0 radical (unpaired) electrons. The Morgan fingerprint density at radius 2 is 2.33 bits per heavy atom. The largest absolute Gasteiger partial charge is 0.377 e. The van der Waals surface area contributed by atoms with Gasteiger partial charge in [0.25, 0.3) is 0 Å². The molecule has 0 spiro atoms. The highest BCUT2D eigenvalue weighted by molar-refractivity contribution is 7.89. The first-order valence-corrected chi connectivity index (χ1v) is 7.32. The van der Waals surface area contributed by atoms with Crippen LogP contribution in [-0.4, -0.2) is 37.4 Å². The molecule has 18 heavy (non-hydrogen) atoms. The molecule has 7 nitrogen and oxygen atoms in total. The molecule has 2 heterocycles. The molecule has 0 bridgehead atoms. The van der Waals surface area contributed by atoms with E-state index in [0.717, 1.165) is 0 Å². The number of aromatic amines is 1. The molecule has 0 saturated carbocycles. The molecule has 2 rings (SSSR count). The normalized spacial score (nSPS) is 24.6. The zero-order chi connectivity index (χ0) is 13.3. The number of sulfonamides is 1. The molecule has 0 aliphatic carbocycles. The summed E-state index contributed by atoms with van der Waals surface area (Å²) in [7, 11) is -3.61. The Morgan fingerprint density at radius 1 is 1.61 bits per heavy atom. The molecular formula is C10H18N4O3S. The van der Waals surface area contributed by atoms with E-state index in [1.165, 1.54) is 0 Å². The van der Waals surface area contributed by atoms with Crippen molar-refractivity contribution in [2.24, 2.45) is 5.73 Å². The maximum Gasteiger partial charge on any atom is 0.244 e. The molecule has 1 aliphatic rings. The van der Waals surface area contributed by atoms with Gasteiger partial charge in [-0.3, -0.25) is 5.10 Å². The van der Waals surface area contributed by atoms with Gasteiger partial charge in [-0.2, -0.15) is 5.10 Å². The highest BCUT2D eigenvalue weighted by Gasteiger charge is 2.31. The number of rotatable bonds is 4. The molecule has 0 amide bonds. The first kappa shape index (κ1) is 13.5. The molecule has 1 aromatic heterocycles. The predicted octanol–water partition coefficient (Wildman–Crippen LogP) is -0.367. The van der Waals surface area contributed by atoms with E-state index in [1.54, 1.807) is 6.92 Å². The molecule has 2 unspecified atom stereocenters. The third kappa shape index (κ3) is 2.41. The summed E-state index contributed by atoms with van der Waals surface area (Å²) in [5.74, 6) is 0. The van der Waals surface area contributed by atoms with Gasteiger partial charge in [-0.05, 0) is 20.3 Å². The number of aryl methyl sites for hydroxylation is 1. The molecule has 1 aliphatic heterocycles. The first-order chi connectivity index (χ1) is 8.45. The van der Waals surface area contributed by atoms with Crippen molar-refractivity contribution in [3.8, 4) is 0 Å². The number of nitrogens with one attached hydrogen (secondary N) is 2. The van der Waals surface area contributed by atoms with E-state index in [4.69, 9.17) is 10.5 Å². The maximum absolute atomic E-state index is 12.3. The van der Waals surface area contributed by atoms with Crippen molar-refractivity contribution in [3.63, 3.8) is 0 Å². The fraction of sp³-hybridized carbons (Fsp3) is 0.700. The molecule has 1 fully saturated rings. The smallest absolute Gasteiger partial charge is 0.244 e. The zero-order valence-corrected chi connectivity index (χ0v) is 11.3. The minimum atomic E-state index is -3.61. The Labute approximate surface area is 106 Å². The van der Waals surface area contributed by atoms with Crippen LogP contribution < -0.4 is 10.5 Å². The van der Waals surface area contributed by atoms with Crippen molar-refractivity contribution < 1.29 is 13.2 Å². The minimum Gasteiger partial charge on any atom is -0.377 e. The van der Waals surface area contributed by atoms with Crippen LogP contribution in [0, 0.1) is 6.92 Å². The highest BCUT2D eigenvalue weighted by Crippen LogP contribution is 2.20. The summed E-state index contributed by atoms with van der Waals surface area (Å²) >= 11 is 0. The van der Waals surface area contributed by atoms with Gasteiger partial charge in [-0.15, -0.1) is 0 Å². The summed E-state index contributed by atoms with van der Waals surface area (Å²) in [6, 6.07) is -0.199. The Hall–Kier alpha value is -0.960. The van der Waals surface area contributed by atoms with Crippen molar-refractivity contribution in [3.05, 3.63) is 11.4 Å². The molecule has 4 N–H and O–H groups in total. The van der Waals surface area contributed by atoms with Gasteiger partial charge in [0.05, 0.1) is 23.5 Å². The van der Waals surface area contributed by atoms with Gasteiger partial charge < -0.3 is 10.5 Å². The molecule has 1 saturated heterocycles. The van der Waals surface area contributed by atoms with Gasteiger partial charge in [-0.1, -0.05) is 0 Å². The van der Waals surface area contributed by atoms with Gasteiger partial charge >= 0.3 is 0 Å². The van der Waals surface area contributed by atoms with Crippen molar-refractivity contribution in [1.82, 2.24) is 14.9 Å². The van der Waals surface area contributed by atoms with E-state index in [0.29, 0.717) is 24.4 Å². The van der Waals surface area contributed by atoms with E-state index in [-0.39, 0.29) is 23.6 Å². The van der Waals surface area contributed by atoms with Gasteiger partial charge in [0.1, 0.15) is 4.90 Å². The van der Waals surface area contributed by atoms with Crippen LogP contribution in [0.15, 0.2) is 4.90 Å². The topological polar surface area (TPSA) is 110 Å². The molecule has 0 aromatic carbocycles. The average molecular weight is 274 g/mol. The van der Waals surface area contributed by atoms with Crippen LogP contribution in [0.3, 0.4) is 0 Å². The fourth-order valence-corrected chi connectivity index (χ4v) is 3.82. The molecule has 8 heteroatoms. The lowest BCUT2D eigenvalue weighted by molar-refractivity contribution is 0.117. The van der Waals surface area contributed by atoms with Gasteiger partial charge in [-0.25, -0.2) is 13.1 Å². The van der Waals surface area contributed by atoms with E-state index in [9.17, 15) is 8.42 Å². The summed E-state index contributed by atoms with van der Waals surface area (Å²) < 4.78 is 32.6. The Kier molecular flexibility index (Phi) is 3.71. The van der Waals surface area contributed by atoms with E-state index >= 15 is 0 Å². The molecule has 1 aromatic rings. The lowest BCUT2D eigenvalue weighted by atomic mass is 10.2. The van der Waals surface area contributed by atoms with E-state index in [2.05, 4.69) is 14.9 Å². The second kappa shape index (κ2) is 4.96. The number of nitrogens with zero attached hydrogens (tertiary/aromatic N) is 1. The lowest BCUT2D eigenvalue weighted by Crippen LogP contribution is -2.39. The van der Waals surface area contributed by atoms with E-state index in [1.807, 2.05) is 6.92 Å². The quantitative estimate of drug-likeness (QED) is 0.694. The maximum atomic E-state index is 12.3. The summed E-state index contributed by atoms with van der Waals surface area (Å²) in [6.45, 7) is 4.17. The van der Waals surface area contributed by atoms with Crippen LogP contribution in [0.4, 0.5) is 0 Å². The third-order valence-electron chi connectivity index (χ3n) is 3.11. The van der Waals surface area contributed by atoms with E-state index < -0.39 is 10.0 Å². The summed E-state index contributed by atoms with van der Waals surface area (Å²) in [4.78, 5) is 0.157. The van der Waals surface area contributed by atoms with Crippen LogP contribution in [0.5, 0.6) is 0 Å². The standard InChI is InChI=1S/C10H18N4O3S/c1-6-10(9(5-11)13-12-6)18(15,16)14-8-3-4-17-7(8)2/h7-8,14H,3-5,11H2,1-2H3,(H,12,13). The summed E-state index contributed by atoms with van der Waals surface area (Å²) in [5, 5.41) is 6.54. The monoisotopic (exact) mass is 274 g/mol. The van der Waals surface area contributed by atoms with Crippen molar-refractivity contribution in [1.29, 1.82) is 0 Å². The Bertz CT molecular complexity index is 525. The van der Waals surface area contributed by atoms with Crippen LogP contribution in [0.2, 0.25) is 0 Å².